The molecule has 1 fully saturated rings. The summed E-state index contributed by atoms with van der Waals surface area (Å²) in [6.07, 6.45) is 0.132. The van der Waals surface area contributed by atoms with E-state index in [4.69, 9.17) is 14.2 Å². The van der Waals surface area contributed by atoms with Crippen LogP contribution in [0.4, 0.5) is 10.5 Å². The summed E-state index contributed by atoms with van der Waals surface area (Å²) in [6, 6.07) is 22.4. The lowest BCUT2D eigenvalue weighted by molar-refractivity contribution is -0.149. The van der Waals surface area contributed by atoms with Crippen molar-refractivity contribution in [2.45, 2.75) is 31.9 Å². The number of hydrogen-bond acceptors (Lipinski definition) is 5. The van der Waals surface area contributed by atoms with Crippen molar-refractivity contribution in [1.82, 2.24) is 0 Å². The number of benzene rings is 3. The fourth-order valence-electron chi connectivity index (χ4n) is 3.99. The monoisotopic (exact) mass is 523 g/mol. The van der Waals surface area contributed by atoms with Crippen molar-refractivity contribution in [3.8, 4) is 16.9 Å². The number of methoxy groups -OCH3 is 1. The minimum Gasteiger partial charge on any atom is -0.493 e. The Morgan fingerprint density at radius 1 is 1.03 bits per heavy atom. The fraction of sp³-hybridized carbons (Fsp3) is 0.259. The summed E-state index contributed by atoms with van der Waals surface area (Å²) in [7, 11) is 1.28. The van der Waals surface area contributed by atoms with E-state index in [2.05, 4.69) is 22.9 Å². The number of ether oxygens (including phenoxy) is 3. The molecule has 3 aromatic rings. The summed E-state index contributed by atoms with van der Waals surface area (Å²) < 4.78 is 17.4. The second kappa shape index (κ2) is 10.7. The van der Waals surface area contributed by atoms with E-state index in [-0.39, 0.29) is 0 Å². The van der Waals surface area contributed by atoms with Crippen LogP contribution >= 0.6 is 15.9 Å². The van der Waals surface area contributed by atoms with Gasteiger partial charge in [0.05, 0.1) is 13.7 Å². The molecule has 1 saturated heterocycles. The lowest BCUT2D eigenvalue weighted by Crippen LogP contribution is -2.33. The zero-order chi connectivity index (χ0) is 24.1. The number of rotatable bonds is 8. The maximum absolute atomic E-state index is 13.0. The third-order valence-corrected chi connectivity index (χ3v) is 6.22. The molecule has 0 N–H and O–H groups in total. The molecule has 3 aromatic carbocycles. The first-order valence-corrected chi connectivity index (χ1v) is 12.0. The summed E-state index contributed by atoms with van der Waals surface area (Å²) in [5.41, 5.74) is 3.38. The molecule has 1 aliphatic heterocycles. The Hall–Kier alpha value is -3.32. The number of esters is 1. The molecule has 6 nitrogen and oxygen atoms in total. The molecule has 0 aliphatic carbocycles. The molecule has 0 radical (unpaired) electrons. The number of amides is 1. The Bertz CT molecular complexity index is 1150. The zero-order valence-electron chi connectivity index (χ0n) is 19.1. The van der Waals surface area contributed by atoms with Gasteiger partial charge >= 0.3 is 12.1 Å². The highest BCUT2D eigenvalue weighted by Crippen LogP contribution is 2.42. The molecule has 0 saturated carbocycles. The van der Waals surface area contributed by atoms with E-state index >= 15 is 0 Å². The van der Waals surface area contributed by atoms with E-state index in [9.17, 15) is 9.59 Å². The summed E-state index contributed by atoms with van der Waals surface area (Å²) in [4.78, 5) is 27.1. The van der Waals surface area contributed by atoms with Crippen LogP contribution in [0.1, 0.15) is 31.4 Å². The van der Waals surface area contributed by atoms with Gasteiger partial charge in [-0.25, -0.2) is 9.59 Å². The van der Waals surface area contributed by atoms with Crippen LogP contribution in [0.15, 0.2) is 77.3 Å². The van der Waals surface area contributed by atoms with Crippen LogP contribution < -0.4 is 9.64 Å². The molecule has 34 heavy (non-hydrogen) atoms. The van der Waals surface area contributed by atoms with Gasteiger partial charge in [-0.3, -0.25) is 4.90 Å². The first-order chi connectivity index (χ1) is 16.5. The van der Waals surface area contributed by atoms with Crippen LogP contribution in [0.2, 0.25) is 0 Å². The Balaban J connectivity index is 1.75. The predicted octanol–water partition coefficient (Wildman–Crippen LogP) is 6.53. The lowest BCUT2D eigenvalue weighted by Gasteiger charge is -2.26. The average Bonchev–Trinajstić information content (AvgIpc) is 3.21. The maximum atomic E-state index is 13.0. The number of carbonyl (C=O) groups is 2. The predicted molar refractivity (Wildman–Crippen MR) is 134 cm³/mol. The van der Waals surface area contributed by atoms with E-state index in [1.54, 1.807) is 0 Å². The van der Waals surface area contributed by atoms with Crippen LogP contribution in [-0.4, -0.2) is 31.9 Å². The summed E-state index contributed by atoms with van der Waals surface area (Å²) in [6.45, 7) is 2.61. The van der Waals surface area contributed by atoms with Crippen LogP contribution in [-0.2, 0) is 14.3 Å². The Morgan fingerprint density at radius 3 is 2.41 bits per heavy atom. The number of nitrogens with zero attached hydrogens (tertiary/aromatic N) is 1. The quantitative estimate of drug-likeness (QED) is 0.248. The molecule has 0 aromatic heterocycles. The van der Waals surface area contributed by atoms with E-state index in [1.807, 2.05) is 72.8 Å². The van der Waals surface area contributed by atoms with Gasteiger partial charge in [-0.1, -0.05) is 77.8 Å². The molecule has 176 valence electrons. The van der Waals surface area contributed by atoms with Crippen molar-refractivity contribution in [3.63, 3.8) is 0 Å². The van der Waals surface area contributed by atoms with Crippen LogP contribution in [0.3, 0.4) is 0 Å². The second-order valence-electron chi connectivity index (χ2n) is 7.94. The van der Waals surface area contributed by atoms with Gasteiger partial charge in [0, 0.05) is 15.7 Å². The van der Waals surface area contributed by atoms with Crippen LogP contribution in [0, 0.1) is 0 Å². The van der Waals surface area contributed by atoms with E-state index in [0.29, 0.717) is 23.6 Å². The lowest BCUT2D eigenvalue weighted by atomic mass is 9.98. The molecule has 1 amide bonds. The standard InChI is InChI=1S/C27H26BrNO5/c1-3-4-16-33-23-17-20(28)12-15-22(23)24-25(26(30)32-2)34-27(31)29(24)21-13-10-19(11-14-21)18-8-6-5-7-9-18/h5-15,17,24-25H,3-4,16H2,1-2H3/t24-,25+/m1/s1. The van der Waals surface area contributed by atoms with Gasteiger partial charge < -0.3 is 14.2 Å². The highest BCUT2D eigenvalue weighted by Gasteiger charge is 2.49. The van der Waals surface area contributed by atoms with Crippen LogP contribution in [0.5, 0.6) is 5.75 Å². The van der Waals surface area contributed by atoms with Gasteiger partial charge in [-0.05, 0) is 41.8 Å². The largest absolute Gasteiger partial charge is 0.493 e. The van der Waals surface area contributed by atoms with Crippen molar-refractivity contribution in [1.29, 1.82) is 0 Å². The second-order valence-corrected chi connectivity index (χ2v) is 8.86. The van der Waals surface area contributed by atoms with E-state index in [0.717, 1.165) is 28.4 Å². The van der Waals surface area contributed by atoms with Gasteiger partial charge in [0.15, 0.2) is 0 Å². The number of unbranched alkanes of at least 4 members (excludes halogenated alkanes) is 1. The SMILES string of the molecule is CCCCOc1cc(Br)ccc1[C@@H]1[C@@H](C(=O)OC)OC(=O)N1c1ccc(-c2ccccc2)cc1. The minimum absolute atomic E-state index is 0.524. The number of carbonyl (C=O) groups excluding carboxylic acids is 2. The normalized spacial score (nSPS) is 17.4. The summed E-state index contributed by atoms with van der Waals surface area (Å²) in [5, 5.41) is 0. The van der Waals surface area contributed by atoms with Crippen molar-refractivity contribution < 1.29 is 23.8 Å². The number of cyclic esters (lactones) is 1. The molecule has 4 rings (SSSR count). The summed E-state index contributed by atoms with van der Waals surface area (Å²) in [5.74, 6) is -0.0323. The topological polar surface area (TPSA) is 65.1 Å². The molecule has 7 heteroatoms. The third-order valence-electron chi connectivity index (χ3n) is 5.73. The van der Waals surface area contributed by atoms with Gasteiger partial charge in [0.2, 0.25) is 6.10 Å². The molecule has 0 bridgehead atoms. The van der Waals surface area contributed by atoms with Crippen molar-refractivity contribution in [2.24, 2.45) is 0 Å². The maximum Gasteiger partial charge on any atom is 0.415 e. The average molecular weight is 524 g/mol. The van der Waals surface area contributed by atoms with Gasteiger partial charge in [-0.15, -0.1) is 0 Å². The van der Waals surface area contributed by atoms with Crippen LogP contribution in [0.25, 0.3) is 11.1 Å². The first-order valence-electron chi connectivity index (χ1n) is 11.2. The molecular weight excluding hydrogens is 498 g/mol. The summed E-state index contributed by atoms with van der Waals surface area (Å²) >= 11 is 3.49. The third kappa shape index (κ3) is 4.94. The molecule has 1 heterocycles. The Labute approximate surface area is 207 Å². The Morgan fingerprint density at radius 2 is 1.74 bits per heavy atom. The smallest absolute Gasteiger partial charge is 0.415 e. The molecule has 0 spiro atoms. The molecular formula is C27H26BrNO5. The van der Waals surface area contributed by atoms with Gasteiger partial charge in [0.25, 0.3) is 0 Å². The molecule has 2 atom stereocenters. The Kier molecular flexibility index (Phi) is 7.53. The number of halogens is 1. The zero-order valence-corrected chi connectivity index (χ0v) is 20.7. The van der Waals surface area contributed by atoms with E-state index < -0.39 is 24.2 Å². The fourth-order valence-corrected chi connectivity index (χ4v) is 4.33. The minimum atomic E-state index is -1.12. The first kappa shape index (κ1) is 23.8. The number of hydrogen-bond donors (Lipinski definition) is 0. The van der Waals surface area contributed by atoms with Crippen molar-refractivity contribution in [3.05, 3.63) is 82.8 Å². The highest BCUT2D eigenvalue weighted by molar-refractivity contribution is 9.10. The van der Waals surface area contributed by atoms with Crippen molar-refractivity contribution >= 4 is 33.7 Å². The van der Waals surface area contributed by atoms with Crippen molar-refractivity contribution in [2.75, 3.05) is 18.6 Å². The number of anilines is 1. The molecule has 1 aliphatic rings. The van der Waals surface area contributed by atoms with Gasteiger partial charge in [-0.2, -0.15) is 0 Å². The van der Waals surface area contributed by atoms with E-state index in [1.165, 1.54) is 12.0 Å². The molecule has 0 unspecified atom stereocenters. The highest BCUT2D eigenvalue weighted by atomic mass is 79.9. The van der Waals surface area contributed by atoms with Gasteiger partial charge in [0.1, 0.15) is 11.8 Å².